The van der Waals surface area contributed by atoms with Crippen molar-refractivity contribution in [1.29, 1.82) is 0 Å². The molecule has 0 N–H and O–H groups in total. The molecule has 0 amide bonds. The maximum atomic E-state index is 13.3. The number of rotatable bonds is 9. The van der Waals surface area contributed by atoms with E-state index in [0.717, 1.165) is 24.7 Å². The standard InChI is InChI=1S/C24H40O4/c1-6-8-9-27-21(25)23(3,4)15-24(5,7-2)22(26)28-20-18-11-16-10-17(13-18)14-19(20)12-16/h16-20H,6-15H2,1-5H3. The van der Waals surface area contributed by atoms with Gasteiger partial charge >= 0.3 is 11.9 Å². The van der Waals surface area contributed by atoms with E-state index in [-0.39, 0.29) is 18.0 Å². The fourth-order valence-corrected chi connectivity index (χ4v) is 6.23. The fraction of sp³-hybridized carbons (Fsp3) is 0.917. The van der Waals surface area contributed by atoms with E-state index in [9.17, 15) is 9.59 Å². The van der Waals surface area contributed by atoms with Crippen LogP contribution in [0.15, 0.2) is 0 Å². The van der Waals surface area contributed by atoms with E-state index in [2.05, 4.69) is 6.92 Å². The van der Waals surface area contributed by atoms with Crippen molar-refractivity contribution in [3.8, 4) is 0 Å². The zero-order valence-electron chi connectivity index (χ0n) is 18.6. The van der Waals surface area contributed by atoms with Crippen molar-refractivity contribution in [3.63, 3.8) is 0 Å². The molecule has 4 fully saturated rings. The maximum Gasteiger partial charge on any atom is 0.312 e. The predicted molar refractivity (Wildman–Crippen MR) is 110 cm³/mol. The third-order valence-electron chi connectivity index (χ3n) is 7.77. The summed E-state index contributed by atoms with van der Waals surface area (Å²) in [6, 6.07) is 0. The fourth-order valence-electron chi connectivity index (χ4n) is 6.23. The van der Waals surface area contributed by atoms with Crippen LogP contribution in [-0.4, -0.2) is 24.6 Å². The van der Waals surface area contributed by atoms with Crippen LogP contribution in [-0.2, 0) is 19.1 Å². The highest BCUT2D eigenvalue weighted by molar-refractivity contribution is 5.80. The molecule has 4 heteroatoms. The van der Waals surface area contributed by atoms with Crippen molar-refractivity contribution < 1.29 is 19.1 Å². The Hall–Kier alpha value is -1.06. The number of carbonyl (C=O) groups is 2. The molecule has 4 rings (SSSR count). The molecule has 4 nitrogen and oxygen atoms in total. The van der Waals surface area contributed by atoms with E-state index in [1.54, 1.807) is 0 Å². The van der Waals surface area contributed by atoms with Crippen LogP contribution < -0.4 is 0 Å². The summed E-state index contributed by atoms with van der Waals surface area (Å²) in [6.45, 7) is 10.3. The van der Waals surface area contributed by atoms with Gasteiger partial charge in [0.2, 0.25) is 0 Å². The molecule has 1 atom stereocenters. The topological polar surface area (TPSA) is 52.6 Å². The second-order valence-electron chi connectivity index (χ2n) is 10.8. The molecule has 1 unspecified atom stereocenters. The minimum Gasteiger partial charge on any atom is -0.465 e. The predicted octanol–water partition coefficient (Wildman–Crippen LogP) is 5.53. The summed E-state index contributed by atoms with van der Waals surface area (Å²) < 4.78 is 11.7. The van der Waals surface area contributed by atoms with Crippen molar-refractivity contribution in [2.24, 2.45) is 34.5 Å². The second-order valence-corrected chi connectivity index (χ2v) is 10.8. The summed E-state index contributed by atoms with van der Waals surface area (Å²) in [7, 11) is 0. The van der Waals surface area contributed by atoms with Crippen molar-refractivity contribution in [3.05, 3.63) is 0 Å². The average molecular weight is 393 g/mol. The number of hydrogen-bond acceptors (Lipinski definition) is 4. The van der Waals surface area contributed by atoms with Crippen molar-refractivity contribution in [1.82, 2.24) is 0 Å². The van der Waals surface area contributed by atoms with Gasteiger partial charge in [-0.15, -0.1) is 0 Å². The van der Waals surface area contributed by atoms with Gasteiger partial charge in [-0.2, -0.15) is 0 Å². The largest absolute Gasteiger partial charge is 0.465 e. The lowest BCUT2D eigenvalue weighted by Crippen LogP contribution is -2.51. The molecule has 0 aromatic carbocycles. The Morgan fingerprint density at radius 2 is 1.46 bits per heavy atom. The molecule has 0 radical (unpaired) electrons. The first-order chi connectivity index (χ1) is 13.2. The Morgan fingerprint density at radius 3 is 1.96 bits per heavy atom. The van der Waals surface area contributed by atoms with Crippen LogP contribution in [0.25, 0.3) is 0 Å². The molecule has 0 aromatic rings. The van der Waals surface area contributed by atoms with E-state index in [1.165, 1.54) is 32.1 Å². The van der Waals surface area contributed by atoms with Gasteiger partial charge in [0.05, 0.1) is 17.4 Å². The second kappa shape index (κ2) is 8.36. The van der Waals surface area contributed by atoms with Crippen molar-refractivity contribution >= 4 is 11.9 Å². The minimum absolute atomic E-state index is 0.103. The molecular weight excluding hydrogens is 352 g/mol. The Bertz CT molecular complexity index is 553. The molecule has 28 heavy (non-hydrogen) atoms. The Labute approximate surface area is 171 Å². The quantitative estimate of drug-likeness (QED) is 0.382. The molecule has 0 spiro atoms. The number of ether oxygens (including phenoxy) is 2. The van der Waals surface area contributed by atoms with Crippen LogP contribution in [0, 0.1) is 34.5 Å². The van der Waals surface area contributed by atoms with Gasteiger partial charge in [-0.05, 0) is 95.8 Å². The smallest absolute Gasteiger partial charge is 0.312 e. The summed E-state index contributed by atoms with van der Waals surface area (Å²) >= 11 is 0. The van der Waals surface area contributed by atoms with Gasteiger partial charge in [-0.3, -0.25) is 9.59 Å². The maximum absolute atomic E-state index is 13.3. The highest BCUT2D eigenvalue weighted by Gasteiger charge is 2.51. The Morgan fingerprint density at radius 1 is 0.893 bits per heavy atom. The molecule has 0 heterocycles. The molecule has 0 aromatic heterocycles. The van der Waals surface area contributed by atoms with Gasteiger partial charge in [0.1, 0.15) is 6.10 Å². The summed E-state index contributed by atoms with van der Waals surface area (Å²) in [5.41, 5.74) is -1.34. The third kappa shape index (κ3) is 4.41. The molecule has 4 bridgehead atoms. The van der Waals surface area contributed by atoms with Crippen LogP contribution in [0.3, 0.4) is 0 Å². The van der Waals surface area contributed by atoms with Crippen LogP contribution in [0.5, 0.6) is 0 Å². The van der Waals surface area contributed by atoms with E-state index in [1.807, 2.05) is 27.7 Å². The molecule has 160 valence electrons. The van der Waals surface area contributed by atoms with Gasteiger partial charge in [-0.1, -0.05) is 20.3 Å². The molecule has 4 aliphatic rings. The van der Waals surface area contributed by atoms with E-state index in [0.29, 0.717) is 31.3 Å². The van der Waals surface area contributed by atoms with Crippen LogP contribution in [0.4, 0.5) is 0 Å². The number of carbonyl (C=O) groups excluding carboxylic acids is 2. The van der Waals surface area contributed by atoms with Gasteiger partial charge in [0.25, 0.3) is 0 Å². The van der Waals surface area contributed by atoms with Gasteiger partial charge < -0.3 is 9.47 Å². The highest BCUT2D eigenvalue weighted by Crippen LogP contribution is 2.55. The lowest BCUT2D eigenvalue weighted by Gasteiger charge is -2.54. The number of esters is 2. The lowest BCUT2D eigenvalue weighted by molar-refractivity contribution is -0.184. The normalized spacial score (nSPS) is 33.4. The summed E-state index contributed by atoms with van der Waals surface area (Å²) in [6.07, 6.45) is 9.47. The first-order valence-electron chi connectivity index (χ1n) is 11.6. The van der Waals surface area contributed by atoms with Gasteiger partial charge in [0, 0.05) is 0 Å². The molecule has 0 aliphatic heterocycles. The monoisotopic (exact) mass is 392 g/mol. The zero-order chi connectivity index (χ0) is 20.5. The first kappa shape index (κ1) is 21.6. The van der Waals surface area contributed by atoms with Gasteiger partial charge in [0.15, 0.2) is 0 Å². The summed E-state index contributed by atoms with van der Waals surface area (Å²) in [5.74, 6) is 2.55. The molecule has 4 saturated carbocycles. The van der Waals surface area contributed by atoms with Crippen LogP contribution >= 0.6 is 0 Å². The highest BCUT2D eigenvalue weighted by atomic mass is 16.5. The van der Waals surface area contributed by atoms with Gasteiger partial charge in [-0.25, -0.2) is 0 Å². The van der Waals surface area contributed by atoms with E-state index in [4.69, 9.17) is 9.47 Å². The Kier molecular flexibility index (Phi) is 6.46. The Balaban J connectivity index is 1.62. The van der Waals surface area contributed by atoms with Crippen molar-refractivity contribution in [2.45, 2.75) is 98.5 Å². The number of unbranched alkanes of at least 4 members (excludes halogenated alkanes) is 1. The zero-order valence-corrected chi connectivity index (χ0v) is 18.6. The summed E-state index contributed by atoms with van der Waals surface area (Å²) in [5, 5.41) is 0. The molecule has 4 aliphatic carbocycles. The van der Waals surface area contributed by atoms with E-state index < -0.39 is 10.8 Å². The first-order valence-corrected chi connectivity index (χ1v) is 11.6. The average Bonchev–Trinajstić information content (AvgIpc) is 2.63. The lowest BCUT2D eigenvalue weighted by atomic mass is 9.55. The van der Waals surface area contributed by atoms with Crippen molar-refractivity contribution in [2.75, 3.05) is 6.61 Å². The summed E-state index contributed by atoms with van der Waals surface area (Å²) in [4.78, 5) is 25.8. The SMILES string of the molecule is CCCCOC(=O)C(C)(C)CC(C)(CC)C(=O)OC1C2CC3CC(C2)CC1C3. The molecular formula is C24H40O4. The van der Waals surface area contributed by atoms with E-state index >= 15 is 0 Å². The third-order valence-corrected chi connectivity index (χ3v) is 7.77. The van der Waals surface area contributed by atoms with Crippen LogP contribution in [0.1, 0.15) is 92.4 Å². The number of hydrogen-bond donors (Lipinski definition) is 0. The van der Waals surface area contributed by atoms with Crippen LogP contribution in [0.2, 0.25) is 0 Å². The minimum atomic E-state index is -0.693. The molecule has 0 saturated heterocycles.